The molecule has 0 atom stereocenters. The van der Waals surface area contributed by atoms with E-state index in [0.29, 0.717) is 31.3 Å². The average Bonchev–Trinajstić information content (AvgIpc) is 3.34. The molecule has 6 rings (SSSR count). The van der Waals surface area contributed by atoms with Crippen LogP contribution >= 0.6 is 11.8 Å². The molecule has 4 aromatic rings. The summed E-state index contributed by atoms with van der Waals surface area (Å²) in [6.45, 7) is 0. The summed E-state index contributed by atoms with van der Waals surface area (Å²) >= 11 is 1.83. The minimum Gasteiger partial charge on any atom is -0.348 e. The standard InChI is InChI=1S/C26H26F2N6O3S/c27-15-1-6-22-31-21(14-32(22)13-15)24(35)30-17-2-4-18(5-3-17)34-25(36)20-11-16(28)12-29-23(20)33(26(34)37)19-7-9-38-10-8-19/h1,6,11-14,17-19H,2-5,7-10H2,(H,30,35). The number of rotatable bonds is 4. The molecule has 0 unspecified atom stereocenters. The van der Waals surface area contributed by atoms with Crippen molar-refractivity contribution in [3.8, 4) is 0 Å². The molecule has 1 aliphatic carbocycles. The third-order valence-electron chi connectivity index (χ3n) is 7.52. The molecule has 1 N–H and O–H groups in total. The van der Waals surface area contributed by atoms with Gasteiger partial charge in [-0.2, -0.15) is 11.8 Å². The number of fused-ring (bicyclic) bond motifs is 2. The fourth-order valence-corrected chi connectivity index (χ4v) is 6.69. The predicted molar refractivity (Wildman–Crippen MR) is 140 cm³/mol. The molecule has 2 aliphatic rings. The summed E-state index contributed by atoms with van der Waals surface area (Å²) in [5.74, 6) is 0.408. The first-order valence-electron chi connectivity index (χ1n) is 12.7. The summed E-state index contributed by atoms with van der Waals surface area (Å²) in [7, 11) is 0. The maximum absolute atomic E-state index is 14.1. The zero-order valence-corrected chi connectivity index (χ0v) is 21.3. The summed E-state index contributed by atoms with van der Waals surface area (Å²) in [6.07, 6.45) is 7.48. The highest BCUT2D eigenvalue weighted by molar-refractivity contribution is 7.99. The molecule has 1 saturated carbocycles. The Morgan fingerprint density at radius 3 is 2.45 bits per heavy atom. The average molecular weight is 541 g/mol. The second kappa shape index (κ2) is 9.97. The van der Waals surface area contributed by atoms with E-state index < -0.39 is 22.9 Å². The molecule has 5 heterocycles. The van der Waals surface area contributed by atoms with Crippen LogP contribution in [-0.4, -0.2) is 47.0 Å². The summed E-state index contributed by atoms with van der Waals surface area (Å²) < 4.78 is 31.9. The number of nitrogens with zero attached hydrogens (tertiary/aromatic N) is 5. The van der Waals surface area contributed by atoms with Gasteiger partial charge in [0.1, 0.15) is 28.6 Å². The molecule has 1 saturated heterocycles. The lowest BCUT2D eigenvalue weighted by molar-refractivity contribution is 0.0917. The van der Waals surface area contributed by atoms with Crippen LogP contribution in [0.3, 0.4) is 0 Å². The van der Waals surface area contributed by atoms with Crippen LogP contribution in [0, 0.1) is 11.6 Å². The van der Waals surface area contributed by atoms with E-state index >= 15 is 0 Å². The molecule has 38 heavy (non-hydrogen) atoms. The molecule has 0 spiro atoms. The number of pyridine rings is 2. The van der Waals surface area contributed by atoms with Crippen molar-refractivity contribution in [1.82, 2.24) is 28.8 Å². The number of thioether (sulfide) groups is 1. The molecular weight excluding hydrogens is 514 g/mol. The van der Waals surface area contributed by atoms with E-state index in [1.54, 1.807) is 4.57 Å². The molecule has 0 bridgehead atoms. The lowest BCUT2D eigenvalue weighted by Crippen LogP contribution is -2.46. The monoisotopic (exact) mass is 540 g/mol. The van der Waals surface area contributed by atoms with Crippen LogP contribution in [0.4, 0.5) is 8.78 Å². The van der Waals surface area contributed by atoms with E-state index in [2.05, 4.69) is 15.3 Å². The predicted octanol–water partition coefficient (Wildman–Crippen LogP) is 3.47. The van der Waals surface area contributed by atoms with E-state index in [4.69, 9.17) is 0 Å². The van der Waals surface area contributed by atoms with Gasteiger partial charge in [0.2, 0.25) is 0 Å². The number of nitrogens with one attached hydrogen (secondary N) is 1. The van der Waals surface area contributed by atoms with E-state index in [1.165, 1.54) is 39.6 Å². The van der Waals surface area contributed by atoms with Crippen molar-refractivity contribution < 1.29 is 13.6 Å². The van der Waals surface area contributed by atoms with Crippen molar-refractivity contribution in [2.24, 2.45) is 0 Å². The minimum atomic E-state index is -0.619. The molecule has 1 amide bonds. The van der Waals surface area contributed by atoms with Crippen LogP contribution in [0.2, 0.25) is 0 Å². The minimum absolute atomic E-state index is 0.0920. The van der Waals surface area contributed by atoms with Crippen molar-refractivity contribution in [2.45, 2.75) is 56.7 Å². The molecule has 0 radical (unpaired) electrons. The number of halogens is 2. The van der Waals surface area contributed by atoms with Crippen LogP contribution in [0.1, 0.15) is 61.1 Å². The highest BCUT2D eigenvalue weighted by Crippen LogP contribution is 2.30. The zero-order valence-electron chi connectivity index (χ0n) is 20.5. The van der Waals surface area contributed by atoms with Crippen molar-refractivity contribution in [1.29, 1.82) is 0 Å². The molecule has 0 aromatic carbocycles. The first-order valence-corrected chi connectivity index (χ1v) is 13.9. The molecule has 1 aliphatic heterocycles. The second-order valence-electron chi connectivity index (χ2n) is 9.91. The summed E-state index contributed by atoms with van der Waals surface area (Å²) in [5, 5.41) is 3.08. The van der Waals surface area contributed by atoms with Crippen molar-refractivity contribution >= 4 is 34.3 Å². The van der Waals surface area contributed by atoms with E-state index in [1.807, 2.05) is 11.8 Å². The molecule has 4 aromatic heterocycles. The lowest BCUT2D eigenvalue weighted by Gasteiger charge is -2.31. The Hall–Kier alpha value is -3.54. The molecule has 12 heteroatoms. The van der Waals surface area contributed by atoms with Crippen LogP contribution < -0.4 is 16.6 Å². The van der Waals surface area contributed by atoms with E-state index in [0.717, 1.165) is 30.5 Å². The third-order valence-corrected chi connectivity index (χ3v) is 8.57. The van der Waals surface area contributed by atoms with Crippen LogP contribution in [-0.2, 0) is 0 Å². The van der Waals surface area contributed by atoms with Gasteiger partial charge in [0, 0.05) is 30.5 Å². The topological polar surface area (TPSA) is 103 Å². The zero-order chi connectivity index (χ0) is 26.4. The quantitative estimate of drug-likeness (QED) is 0.425. The van der Waals surface area contributed by atoms with Crippen LogP contribution in [0.25, 0.3) is 16.7 Å². The normalized spacial score (nSPS) is 20.7. The van der Waals surface area contributed by atoms with Gasteiger partial charge < -0.3 is 9.72 Å². The molecular formula is C26H26F2N6O3S. The maximum Gasteiger partial charge on any atom is 0.333 e. The van der Waals surface area contributed by atoms with Gasteiger partial charge in [-0.1, -0.05) is 0 Å². The Morgan fingerprint density at radius 1 is 0.947 bits per heavy atom. The first-order chi connectivity index (χ1) is 18.4. The Morgan fingerprint density at radius 2 is 1.68 bits per heavy atom. The second-order valence-corrected chi connectivity index (χ2v) is 11.1. The third kappa shape index (κ3) is 4.50. The fraction of sp³-hybridized carbons (Fsp3) is 0.423. The first kappa shape index (κ1) is 24.8. The number of imidazole rings is 1. The molecule has 9 nitrogen and oxygen atoms in total. The van der Waals surface area contributed by atoms with E-state index in [-0.39, 0.29) is 40.8 Å². The highest BCUT2D eigenvalue weighted by atomic mass is 32.2. The molecule has 2 fully saturated rings. The van der Waals surface area contributed by atoms with Gasteiger partial charge in [-0.25, -0.2) is 23.5 Å². The van der Waals surface area contributed by atoms with Crippen molar-refractivity contribution in [2.75, 3.05) is 11.5 Å². The van der Waals surface area contributed by atoms with Crippen molar-refractivity contribution in [3.05, 3.63) is 75.0 Å². The number of amides is 1. The van der Waals surface area contributed by atoms with Crippen molar-refractivity contribution in [3.63, 3.8) is 0 Å². The summed E-state index contributed by atoms with van der Waals surface area (Å²) in [4.78, 5) is 48.3. The van der Waals surface area contributed by atoms with Crippen LogP contribution in [0.5, 0.6) is 0 Å². The summed E-state index contributed by atoms with van der Waals surface area (Å²) in [5.41, 5.74) is -0.0325. The number of hydrogen-bond donors (Lipinski definition) is 1. The Labute approximate surface area is 219 Å². The van der Waals surface area contributed by atoms with Gasteiger partial charge in [0.15, 0.2) is 0 Å². The SMILES string of the molecule is O=C(NC1CCC(n2c(=O)c3cc(F)cnc3n(C3CCSCC3)c2=O)CC1)c1cn2cc(F)ccc2n1. The van der Waals surface area contributed by atoms with Gasteiger partial charge >= 0.3 is 5.69 Å². The van der Waals surface area contributed by atoms with Gasteiger partial charge in [-0.3, -0.25) is 18.7 Å². The largest absolute Gasteiger partial charge is 0.348 e. The van der Waals surface area contributed by atoms with Crippen LogP contribution in [0.15, 0.2) is 46.4 Å². The smallest absolute Gasteiger partial charge is 0.333 e. The fourth-order valence-electron chi connectivity index (χ4n) is 5.61. The van der Waals surface area contributed by atoms with Gasteiger partial charge in [0.05, 0.1) is 11.6 Å². The van der Waals surface area contributed by atoms with E-state index in [9.17, 15) is 23.2 Å². The number of aromatic nitrogens is 5. The highest BCUT2D eigenvalue weighted by Gasteiger charge is 2.30. The van der Waals surface area contributed by atoms with Gasteiger partial charge in [-0.05, 0) is 68.2 Å². The van der Waals surface area contributed by atoms with Gasteiger partial charge in [-0.15, -0.1) is 0 Å². The molecule has 198 valence electrons. The number of hydrogen-bond acceptors (Lipinski definition) is 6. The summed E-state index contributed by atoms with van der Waals surface area (Å²) in [6, 6.07) is 3.34. The Kier molecular flexibility index (Phi) is 6.50. The Balaban J connectivity index is 1.24. The number of carbonyl (C=O) groups is 1. The number of carbonyl (C=O) groups excluding carboxylic acids is 1. The van der Waals surface area contributed by atoms with Gasteiger partial charge in [0.25, 0.3) is 11.5 Å². The maximum atomic E-state index is 14.1. The lowest BCUT2D eigenvalue weighted by atomic mass is 9.90. The Bertz CT molecular complexity index is 1650.